The number of nitrogens with one attached hydrogen (secondary N) is 1. The van der Waals surface area contributed by atoms with Crippen LogP contribution < -0.4 is 5.32 Å². The topological polar surface area (TPSA) is 58.6 Å². The van der Waals surface area contributed by atoms with E-state index in [0.29, 0.717) is 4.88 Å². The minimum absolute atomic E-state index is 0.0933. The van der Waals surface area contributed by atoms with E-state index >= 15 is 0 Å². The van der Waals surface area contributed by atoms with Gasteiger partial charge in [-0.25, -0.2) is 4.79 Å². The average molecular weight is 308 g/mol. The number of hydrogen-bond donors (Lipinski definition) is 1. The summed E-state index contributed by atoms with van der Waals surface area (Å²) in [5.41, 5.74) is 0. The van der Waals surface area contributed by atoms with E-state index in [0.717, 1.165) is 5.06 Å². The molecule has 1 fully saturated rings. The molecular formula is C11H11F3N2O3S. The molecule has 5 nitrogen and oxygen atoms in total. The quantitative estimate of drug-likeness (QED) is 0.851. The first-order valence-electron chi connectivity index (χ1n) is 5.73. The number of carbonyl (C=O) groups excluding carboxylic acids is 2. The minimum Gasteiger partial charge on any atom is -0.361 e. The molecule has 2 rings (SSSR count). The lowest BCUT2D eigenvalue weighted by molar-refractivity contribution is -0.240. The molecule has 0 radical (unpaired) electrons. The molecule has 0 bridgehead atoms. The highest BCUT2D eigenvalue weighted by molar-refractivity contribution is 7.12. The Morgan fingerprint density at radius 2 is 2.20 bits per heavy atom. The zero-order valence-corrected chi connectivity index (χ0v) is 11.0. The van der Waals surface area contributed by atoms with Gasteiger partial charge in [0.15, 0.2) is 5.78 Å². The lowest BCUT2D eigenvalue weighted by Gasteiger charge is -2.31. The van der Waals surface area contributed by atoms with Crippen LogP contribution in [0.1, 0.15) is 9.67 Å². The first-order chi connectivity index (χ1) is 9.38. The molecule has 1 atom stereocenters. The van der Waals surface area contributed by atoms with Gasteiger partial charge in [0.05, 0.1) is 17.5 Å². The van der Waals surface area contributed by atoms with Crippen molar-refractivity contribution in [1.29, 1.82) is 0 Å². The zero-order chi connectivity index (χ0) is 14.8. The highest BCUT2D eigenvalue weighted by Crippen LogP contribution is 2.19. The second-order valence-electron chi connectivity index (χ2n) is 4.11. The Kier molecular flexibility index (Phi) is 4.41. The summed E-state index contributed by atoms with van der Waals surface area (Å²) in [7, 11) is 0. The van der Waals surface area contributed by atoms with Crippen molar-refractivity contribution in [1.82, 2.24) is 10.4 Å². The first kappa shape index (κ1) is 14.9. The summed E-state index contributed by atoms with van der Waals surface area (Å²) < 4.78 is 36.3. The van der Waals surface area contributed by atoms with Crippen LogP contribution >= 0.6 is 11.3 Å². The summed E-state index contributed by atoms with van der Waals surface area (Å²) in [5.74, 6) is -2.51. The molecule has 0 spiro atoms. The van der Waals surface area contributed by atoms with E-state index in [4.69, 9.17) is 0 Å². The van der Waals surface area contributed by atoms with Gasteiger partial charge in [-0.05, 0) is 11.4 Å². The number of halogens is 3. The van der Waals surface area contributed by atoms with E-state index in [1.807, 2.05) is 0 Å². The van der Waals surface area contributed by atoms with Gasteiger partial charge in [0.2, 0.25) is 0 Å². The SMILES string of the molecule is O=C(c1cccs1)C1CN(OC(=O)C(F)(F)F)CCN1. The molecule has 2 heterocycles. The number of carbonyl (C=O) groups is 2. The van der Waals surface area contributed by atoms with E-state index in [1.165, 1.54) is 11.3 Å². The molecule has 1 saturated heterocycles. The van der Waals surface area contributed by atoms with Crippen molar-refractivity contribution >= 4 is 23.1 Å². The number of nitrogens with zero attached hydrogens (tertiary/aromatic N) is 1. The summed E-state index contributed by atoms with van der Waals surface area (Å²) in [6.45, 7) is 0.238. The number of rotatable bonds is 3. The minimum atomic E-state index is -5.04. The van der Waals surface area contributed by atoms with E-state index < -0.39 is 18.2 Å². The maximum absolute atomic E-state index is 12.1. The molecule has 110 valence electrons. The van der Waals surface area contributed by atoms with Gasteiger partial charge in [0, 0.05) is 13.1 Å². The molecule has 1 aliphatic heterocycles. The van der Waals surface area contributed by atoms with Crippen LogP contribution in [0.5, 0.6) is 0 Å². The van der Waals surface area contributed by atoms with Crippen LogP contribution in [0.2, 0.25) is 0 Å². The molecule has 1 aromatic heterocycles. The van der Waals surface area contributed by atoms with Gasteiger partial charge < -0.3 is 10.2 Å². The van der Waals surface area contributed by atoms with Crippen molar-refractivity contribution in [3.8, 4) is 0 Å². The van der Waals surface area contributed by atoms with E-state index in [9.17, 15) is 22.8 Å². The van der Waals surface area contributed by atoms with Crippen LogP contribution in [0.4, 0.5) is 13.2 Å². The number of thiophene rings is 1. The van der Waals surface area contributed by atoms with Crippen molar-refractivity contribution in [2.45, 2.75) is 12.2 Å². The number of ketones is 1. The molecule has 0 saturated carbocycles. The molecule has 0 amide bonds. The summed E-state index contributed by atoms with van der Waals surface area (Å²) >= 11 is 1.25. The van der Waals surface area contributed by atoms with Gasteiger partial charge in [-0.3, -0.25) is 4.79 Å². The fraction of sp³-hybridized carbons (Fsp3) is 0.455. The Labute approximate surface area is 116 Å². The standard InChI is InChI=1S/C11H11F3N2O3S/c12-11(13,14)10(18)19-16-4-3-15-7(6-16)9(17)8-2-1-5-20-8/h1-2,5,7,15H,3-4,6H2. The highest BCUT2D eigenvalue weighted by Gasteiger charge is 2.43. The van der Waals surface area contributed by atoms with Crippen LogP contribution in [-0.2, 0) is 9.63 Å². The maximum atomic E-state index is 12.1. The summed E-state index contributed by atoms with van der Waals surface area (Å²) in [6.07, 6.45) is -5.04. The van der Waals surface area contributed by atoms with Crippen molar-refractivity contribution in [3.05, 3.63) is 22.4 Å². The van der Waals surface area contributed by atoms with Gasteiger partial charge in [0.25, 0.3) is 0 Å². The molecule has 0 aromatic carbocycles. The second kappa shape index (κ2) is 5.90. The highest BCUT2D eigenvalue weighted by atomic mass is 32.1. The van der Waals surface area contributed by atoms with Crippen LogP contribution in [0, 0.1) is 0 Å². The molecule has 20 heavy (non-hydrogen) atoms. The number of hydroxylamine groups is 2. The zero-order valence-electron chi connectivity index (χ0n) is 10.1. The van der Waals surface area contributed by atoms with Gasteiger partial charge in [-0.2, -0.15) is 13.2 Å². The monoisotopic (exact) mass is 308 g/mol. The van der Waals surface area contributed by atoms with Gasteiger partial charge in [-0.1, -0.05) is 6.07 Å². The Hall–Kier alpha value is -1.45. The van der Waals surface area contributed by atoms with Crippen LogP contribution in [0.3, 0.4) is 0 Å². The molecule has 9 heteroatoms. The molecule has 1 aliphatic rings. The number of Topliss-reactive ketones (excluding diaryl/α,β-unsaturated/α-hetero) is 1. The van der Waals surface area contributed by atoms with E-state index in [1.54, 1.807) is 17.5 Å². The van der Waals surface area contributed by atoms with Crippen molar-refractivity contribution in [2.75, 3.05) is 19.6 Å². The Balaban J connectivity index is 1.95. The lowest BCUT2D eigenvalue weighted by Crippen LogP contribution is -2.55. The van der Waals surface area contributed by atoms with Crippen molar-refractivity contribution in [3.63, 3.8) is 0 Å². The predicted molar refractivity (Wildman–Crippen MR) is 64.2 cm³/mol. The fourth-order valence-corrected chi connectivity index (χ4v) is 2.46. The Morgan fingerprint density at radius 3 is 2.80 bits per heavy atom. The third-order valence-electron chi connectivity index (χ3n) is 2.66. The molecule has 0 aliphatic carbocycles. The number of piperazine rings is 1. The second-order valence-corrected chi connectivity index (χ2v) is 5.06. The van der Waals surface area contributed by atoms with Gasteiger partial charge >= 0.3 is 12.1 Å². The number of alkyl halides is 3. The largest absolute Gasteiger partial charge is 0.492 e. The summed E-state index contributed by atoms with van der Waals surface area (Å²) in [6, 6.07) is 2.65. The first-order valence-corrected chi connectivity index (χ1v) is 6.61. The Bertz CT molecular complexity index is 490. The predicted octanol–water partition coefficient (Wildman–Crippen LogP) is 1.23. The van der Waals surface area contributed by atoms with E-state index in [-0.39, 0.29) is 25.4 Å². The molecule has 1 unspecified atom stereocenters. The molecule has 1 aromatic rings. The fourth-order valence-electron chi connectivity index (χ4n) is 1.74. The van der Waals surface area contributed by atoms with Crippen LogP contribution in [-0.4, -0.2) is 48.7 Å². The lowest BCUT2D eigenvalue weighted by atomic mass is 10.1. The Morgan fingerprint density at radius 1 is 1.45 bits per heavy atom. The third-order valence-corrected chi connectivity index (χ3v) is 3.55. The van der Waals surface area contributed by atoms with E-state index in [2.05, 4.69) is 10.2 Å². The third kappa shape index (κ3) is 3.56. The van der Waals surface area contributed by atoms with Gasteiger partial charge in [-0.15, -0.1) is 16.4 Å². The smallest absolute Gasteiger partial charge is 0.361 e. The average Bonchev–Trinajstić information content (AvgIpc) is 2.91. The molecular weight excluding hydrogens is 297 g/mol. The maximum Gasteiger partial charge on any atom is 0.492 e. The van der Waals surface area contributed by atoms with Crippen LogP contribution in [0.15, 0.2) is 17.5 Å². The number of hydrogen-bond acceptors (Lipinski definition) is 6. The van der Waals surface area contributed by atoms with Crippen LogP contribution in [0.25, 0.3) is 0 Å². The molecule has 1 N–H and O–H groups in total. The van der Waals surface area contributed by atoms with Gasteiger partial charge in [0.1, 0.15) is 0 Å². The van der Waals surface area contributed by atoms with Crippen molar-refractivity contribution < 1.29 is 27.6 Å². The summed E-state index contributed by atoms with van der Waals surface area (Å²) in [4.78, 5) is 27.5. The van der Waals surface area contributed by atoms with Crippen molar-refractivity contribution in [2.24, 2.45) is 0 Å². The summed E-state index contributed by atoms with van der Waals surface area (Å²) in [5, 5.41) is 5.49. The normalized spacial score (nSPS) is 20.6.